The van der Waals surface area contributed by atoms with Crippen LogP contribution in [0.3, 0.4) is 0 Å². The summed E-state index contributed by atoms with van der Waals surface area (Å²) in [6, 6.07) is 6.74. The van der Waals surface area contributed by atoms with Crippen molar-refractivity contribution in [2.75, 3.05) is 13.2 Å². The molecule has 3 rings (SSSR count). The zero-order valence-corrected chi connectivity index (χ0v) is 11.4. The summed E-state index contributed by atoms with van der Waals surface area (Å²) in [7, 11) is 0. The molecule has 1 aromatic carbocycles. The molecule has 20 heavy (non-hydrogen) atoms. The van der Waals surface area contributed by atoms with Gasteiger partial charge in [0.2, 0.25) is 5.88 Å². The molecule has 0 saturated carbocycles. The number of aromatic nitrogens is 2. The molecule has 1 aliphatic rings. The molecule has 1 fully saturated rings. The van der Waals surface area contributed by atoms with Gasteiger partial charge >= 0.3 is 0 Å². The molecular formula is C14H13ClN2O3. The van der Waals surface area contributed by atoms with E-state index in [1.807, 2.05) is 0 Å². The summed E-state index contributed by atoms with van der Waals surface area (Å²) in [6.45, 7) is 1.16. The number of hydrogen-bond acceptors (Lipinski definition) is 4. The van der Waals surface area contributed by atoms with Crippen LogP contribution in [0.4, 0.5) is 0 Å². The Labute approximate surface area is 120 Å². The highest BCUT2D eigenvalue weighted by atomic mass is 35.5. The average molecular weight is 293 g/mol. The molecule has 0 aliphatic carbocycles. The Kier molecular flexibility index (Phi) is 3.46. The Hall–Kier alpha value is -1.85. The number of aromatic hydroxyl groups is 1. The zero-order valence-electron chi connectivity index (χ0n) is 10.6. The lowest BCUT2D eigenvalue weighted by Crippen LogP contribution is -2.16. The van der Waals surface area contributed by atoms with Gasteiger partial charge in [-0.1, -0.05) is 23.7 Å². The molecule has 1 atom stereocenters. The normalized spacial score (nSPS) is 18.4. The Morgan fingerprint density at radius 3 is 2.95 bits per heavy atom. The van der Waals surface area contributed by atoms with E-state index in [1.54, 1.807) is 24.3 Å². The van der Waals surface area contributed by atoms with E-state index < -0.39 is 0 Å². The quantitative estimate of drug-likeness (QED) is 0.890. The van der Waals surface area contributed by atoms with Crippen LogP contribution < -0.4 is 5.56 Å². The molecule has 1 aliphatic heterocycles. The van der Waals surface area contributed by atoms with Crippen molar-refractivity contribution < 1.29 is 9.84 Å². The molecule has 0 amide bonds. The van der Waals surface area contributed by atoms with E-state index in [2.05, 4.69) is 9.97 Å². The van der Waals surface area contributed by atoms with Crippen molar-refractivity contribution in [1.29, 1.82) is 0 Å². The first-order valence-electron chi connectivity index (χ1n) is 6.32. The largest absolute Gasteiger partial charge is 0.493 e. The van der Waals surface area contributed by atoms with E-state index in [1.165, 1.54) is 0 Å². The minimum absolute atomic E-state index is 0.0296. The van der Waals surface area contributed by atoms with Gasteiger partial charge in [-0.3, -0.25) is 4.79 Å². The third kappa shape index (κ3) is 2.42. The number of aromatic amines is 1. The van der Waals surface area contributed by atoms with Crippen molar-refractivity contribution in [2.45, 2.75) is 12.3 Å². The second kappa shape index (κ2) is 5.26. The van der Waals surface area contributed by atoms with E-state index in [9.17, 15) is 9.90 Å². The van der Waals surface area contributed by atoms with Gasteiger partial charge in [0.25, 0.3) is 5.56 Å². The van der Waals surface area contributed by atoms with Crippen LogP contribution in [0.25, 0.3) is 11.1 Å². The van der Waals surface area contributed by atoms with Crippen LogP contribution in [-0.4, -0.2) is 28.3 Å². The number of hydrogen-bond donors (Lipinski definition) is 2. The molecule has 5 nitrogen and oxygen atoms in total. The second-order valence-corrected chi connectivity index (χ2v) is 5.16. The van der Waals surface area contributed by atoms with Crippen molar-refractivity contribution >= 4 is 11.6 Å². The van der Waals surface area contributed by atoms with Crippen LogP contribution in [0.2, 0.25) is 5.02 Å². The lowest BCUT2D eigenvalue weighted by atomic mass is 10.1. The number of nitrogens with one attached hydrogen (secondary N) is 1. The van der Waals surface area contributed by atoms with Gasteiger partial charge in [0.05, 0.1) is 6.61 Å². The van der Waals surface area contributed by atoms with Crippen LogP contribution in [-0.2, 0) is 4.74 Å². The molecule has 1 saturated heterocycles. The van der Waals surface area contributed by atoms with Crippen LogP contribution in [0.1, 0.15) is 18.2 Å². The maximum absolute atomic E-state index is 12.2. The Bertz CT molecular complexity index is 693. The van der Waals surface area contributed by atoms with Crippen molar-refractivity contribution in [2.24, 2.45) is 0 Å². The summed E-state index contributed by atoms with van der Waals surface area (Å²) in [6.07, 6.45) is 0.791. The summed E-state index contributed by atoms with van der Waals surface area (Å²) < 4.78 is 5.26. The fraction of sp³-hybridized carbons (Fsp3) is 0.286. The summed E-state index contributed by atoms with van der Waals surface area (Å²) in [5.41, 5.74) is 0.301. The highest BCUT2D eigenvalue weighted by Crippen LogP contribution is 2.28. The van der Waals surface area contributed by atoms with Gasteiger partial charge in [0.1, 0.15) is 11.4 Å². The summed E-state index contributed by atoms with van der Waals surface area (Å²) in [5, 5.41) is 10.6. The third-order valence-corrected chi connectivity index (χ3v) is 3.58. The summed E-state index contributed by atoms with van der Waals surface area (Å²) in [5.74, 6) is 0.218. The number of ether oxygens (including phenoxy) is 1. The lowest BCUT2D eigenvalue weighted by Gasteiger charge is -2.09. The van der Waals surface area contributed by atoms with Gasteiger partial charge < -0.3 is 14.8 Å². The maximum Gasteiger partial charge on any atom is 0.262 e. The van der Waals surface area contributed by atoms with Crippen molar-refractivity contribution in [3.8, 4) is 17.0 Å². The number of H-pyrrole nitrogens is 1. The fourth-order valence-corrected chi connectivity index (χ4v) is 2.52. The first-order chi connectivity index (χ1) is 9.65. The Morgan fingerprint density at radius 1 is 1.45 bits per heavy atom. The van der Waals surface area contributed by atoms with E-state index in [0.717, 1.165) is 6.42 Å². The predicted octanol–water partition coefficient (Wildman–Crippen LogP) is 2.30. The van der Waals surface area contributed by atoms with Gasteiger partial charge in [0.15, 0.2) is 0 Å². The minimum Gasteiger partial charge on any atom is -0.493 e. The third-order valence-electron chi connectivity index (χ3n) is 3.35. The van der Waals surface area contributed by atoms with Gasteiger partial charge in [-0.15, -0.1) is 0 Å². The Morgan fingerprint density at radius 2 is 2.30 bits per heavy atom. The number of rotatable bonds is 2. The molecule has 1 aromatic heterocycles. The first-order valence-corrected chi connectivity index (χ1v) is 6.70. The molecule has 0 spiro atoms. The standard InChI is InChI=1S/C14H13ClN2O3/c15-10-3-1-2-8(6-10)11-13(18)16-12(17-14(11)19)9-4-5-20-7-9/h1-3,6,9H,4-5,7H2,(H2,16,17,18,19). The summed E-state index contributed by atoms with van der Waals surface area (Å²) >= 11 is 5.90. The van der Waals surface area contributed by atoms with Crippen LogP contribution >= 0.6 is 11.6 Å². The molecule has 2 heterocycles. The number of nitrogens with zero attached hydrogens (tertiary/aromatic N) is 1. The van der Waals surface area contributed by atoms with Gasteiger partial charge in [-0.05, 0) is 24.1 Å². The first kappa shape index (κ1) is 13.1. The van der Waals surface area contributed by atoms with Crippen molar-refractivity contribution in [3.05, 3.63) is 45.5 Å². The minimum atomic E-state index is -0.373. The lowest BCUT2D eigenvalue weighted by molar-refractivity contribution is 0.193. The zero-order chi connectivity index (χ0) is 14.1. The molecule has 104 valence electrons. The van der Waals surface area contributed by atoms with Gasteiger partial charge in [-0.25, -0.2) is 0 Å². The van der Waals surface area contributed by atoms with Gasteiger partial charge in [-0.2, -0.15) is 4.98 Å². The fourth-order valence-electron chi connectivity index (χ4n) is 2.33. The van der Waals surface area contributed by atoms with Crippen molar-refractivity contribution in [1.82, 2.24) is 9.97 Å². The van der Waals surface area contributed by atoms with Crippen LogP contribution in [0.15, 0.2) is 29.1 Å². The van der Waals surface area contributed by atoms with Crippen LogP contribution in [0, 0.1) is 0 Å². The average Bonchev–Trinajstić information content (AvgIpc) is 2.91. The molecule has 0 bridgehead atoms. The number of halogens is 1. The van der Waals surface area contributed by atoms with Gasteiger partial charge in [0, 0.05) is 17.5 Å². The Balaban J connectivity index is 2.07. The molecule has 2 aromatic rings. The van der Waals surface area contributed by atoms with Crippen molar-refractivity contribution in [3.63, 3.8) is 0 Å². The van der Waals surface area contributed by atoms with E-state index in [-0.39, 0.29) is 22.9 Å². The van der Waals surface area contributed by atoms with E-state index >= 15 is 0 Å². The van der Waals surface area contributed by atoms with Crippen LogP contribution in [0.5, 0.6) is 5.88 Å². The molecule has 0 radical (unpaired) electrons. The second-order valence-electron chi connectivity index (χ2n) is 4.72. The predicted molar refractivity (Wildman–Crippen MR) is 75.1 cm³/mol. The van der Waals surface area contributed by atoms with E-state index in [4.69, 9.17) is 16.3 Å². The van der Waals surface area contributed by atoms with E-state index in [0.29, 0.717) is 29.6 Å². The topological polar surface area (TPSA) is 75.2 Å². The maximum atomic E-state index is 12.2. The SMILES string of the molecule is O=c1[nH]c(C2CCOC2)nc(O)c1-c1cccc(Cl)c1. The molecule has 2 N–H and O–H groups in total. The summed E-state index contributed by atoms with van der Waals surface area (Å²) in [4.78, 5) is 19.0. The molecular weight excluding hydrogens is 280 g/mol. The number of benzene rings is 1. The highest BCUT2D eigenvalue weighted by molar-refractivity contribution is 6.30. The molecule has 6 heteroatoms. The smallest absolute Gasteiger partial charge is 0.262 e. The monoisotopic (exact) mass is 292 g/mol. The molecule has 1 unspecified atom stereocenters. The highest BCUT2D eigenvalue weighted by Gasteiger charge is 2.22.